The molecule has 0 N–H and O–H groups in total. The first kappa shape index (κ1) is 25.0. The van der Waals surface area contributed by atoms with E-state index in [1.165, 1.54) is 38.5 Å². The number of carbonyl (C=O) groups is 2. The summed E-state index contributed by atoms with van der Waals surface area (Å²) in [7, 11) is 0. The van der Waals surface area contributed by atoms with Gasteiger partial charge in [-0.25, -0.2) is 0 Å². The van der Waals surface area contributed by atoms with Crippen LogP contribution in [0.25, 0.3) is 0 Å². The van der Waals surface area contributed by atoms with Crippen molar-refractivity contribution in [3.05, 3.63) is 29.8 Å². The number of ketones is 2. The molecule has 0 spiro atoms. The van der Waals surface area contributed by atoms with Crippen LogP contribution in [0.1, 0.15) is 115 Å². The van der Waals surface area contributed by atoms with Crippen LogP contribution in [0.3, 0.4) is 0 Å². The van der Waals surface area contributed by atoms with Gasteiger partial charge in [-0.1, -0.05) is 77.3 Å². The number of ether oxygens (including phenoxy) is 1. The van der Waals surface area contributed by atoms with Gasteiger partial charge in [-0.3, -0.25) is 9.59 Å². The molecule has 0 amide bonds. The zero-order valence-electron chi connectivity index (χ0n) is 20.5. The number of hydrogen-bond donors (Lipinski definition) is 0. The average Bonchev–Trinajstić information content (AvgIpc) is 2.81. The zero-order chi connectivity index (χ0) is 22.8. The normalized spacial score (nSPS) is 23.1. The van der Waals surface area contributed by atoms with E-state index in [2.05, 4.69) is 26.0 Å². The Kier molecular flexibility index (Phi) is 10.3. The molecule has 0 saturated heterocycles. The third-order valence-electron chi connectivity index (χ3n) is 7.74. The fraction of sp³-hybridized carbons (Fsp3) is 0.724. The van der Waals surface area contributed by atoms with Crippen LogP contribution in [0.15, 0.2) is 24.3 Å². The molecular weight excluding hydrogens is 396 g/mol. The monoisotopic (exact) mass is 440 g/mol. The molecule has 2 saturated carbocycles. The minimum absolute atomic E-state index is 0.134. The summed E-state index contributed by atoms with van der Waals surface area (Å²) in [5.74, 6) is 1.64. The first-order chi connectivity index (χ1) is 15.6. The second-order valence-corrected chi connectivity index (χ2v) is 10.2. The van der Waals surface area contributed by atoms with Gasteiger partial charge in [0.1, 0.15) is 11.5 Å². The molecule has 0 heterocycles. The van der Waals surface area contributed by atoms with E-state index in [9.17, 15) is 9.59 Å². The molecule has 3 atom stereocenters. The van der Waals surface area contributed by atoms with Crippen molar-refractivity contribution in [1.82, 2.24) is 0 Å². The number of carbonyl (C=O) groups excluding carboxylic acids is 2. The number of Topliss-reactive ketones (excluding diaryl/α,β-unsaturated/α-hetero) is 2. The lowest BCUT2D eigenvalue weighted by Crippen LogP contribution is -2.36. The van der Waals surface area contributed by atoms with Crippen molar-refractivity contribution in [2.45, 2.75) is 110 Å². The van der Waals surface area contributed by atoms with Gasteiger partial charge in [0.25, 0.3) is 0 Å². The lowest BCUT2D eigenvalue weighted by molar-refractivity contribution is -0.137. The topological polar surface area (TPSA) is 43.4 Å². The highest BCUT2D eigenvalue weighted by Gasteiger charge is 2.40. The molecular formula is C29H44O3. The van der Waals surface area contributed by atoms with Gasteiger partial charge in [-0.15, -0.1) is 0 Å². The summed E-state index contributed by atoms with van der Waals surface area (Å²) in [6.07, 6.45) is 15.3. The summed E-state index contributed by atoms with van der Waals surface area (Å²) < 4.78 is 5.83. The quantitative estimate of drug-likeness (QED) is 0.247. The van der Waals surface area contributed by atoms with E-state index in [1.54, 1.807) is 0 Å². The van der Waals surface area contributed by atoms with E-state index in [-0.39, 0.29) is 23.4 Å². The maximum Gasteiger partial charge on any atom is 0.151 e. The molecule has 0 aliphatic heterocycles. The van der Waals surface area contributed by atoms with Crippen molar-refractivity contribution in [1.29, 1.82) is 0 Å². The summed E-state index contributed by atoms with van der Waals surface area (Å²) in [5.41, 5.74) is 1.09. The lowest BCUT2D eigenvalue weighted by Gasteiger charge is -2.34. The molecule has 178 valence electrons. The van der Waals surface area contributed by atoms with Gasteiger partial charge in [-0.2, -0.15) is 0 Å². The summed E-state index contributed by atoms with van der Waals surface area (Å²) >= 11 is 0. The Labute approximate surface area is 195 Å². The molecule has 0 aromatic heterocycles. The van der Waals surface area contributed by atoms with Crippen molar-refractivity contribution in [2.75, 3.05) is 6.61 Å². The second-order valence-electron chi connectivity index (χ2n) is 10.2. The Morgan fingerprint density at radius 2 is 1.66 bits per heavy atom. The fourth-order valence-corrected chi connectivity index (χ4v) is 5.78. The molecule has 1 aromatic rings. The second kappa shape index (κ2) is 13.2. The largest absolute Gasteiger partial charge is 0.494 e. The van der Waals surface area contributed by atoms with Crippen LogP contribution in [-0.4, -0.2) is 18.2 Å². The van der Waals surface area contributed by atoms with E-state index < -0.39 is 0 Å². The van der Waals surface area contributed by atoms with Crippen LogP contribution < -0.4 is 4.74 Å². The molecule has 3 rings (SSSR count). The van der Waals surface area contributed by atoms with Gasteiger partial charge in [0, 0.05) is 12.3 Å². The Morgan fingerprint density at radius 1 is 0.938 bits per heavy atom. The van der Waals surface area contributed by atoms with Crippen LogP contribution in [0, 0.1) is 17.8 Å². The van der Waals surface area contributed by atoms with E-state index in [4.69, 9.17) is 4.74 Å². The van der Waals surface area contributed by atoms with Crippen molar-refractivity contribution in [2.24, 2.45) is 17.8 Å². The highest BCUT2D eigenvalue weighted by atomic mass is 16.5. The van der Waals surface area contributed by atoms with Crippen LogP contribution in [-0.2, 0) is 9.59 Å². The maximum atomic E-state index is 13.8. The third kappa shape index (κ3) is 6.93. The first-order valence-electron chi connectivity index (χ1n) is 13.4. The van der Waals surface area contributed by atoms with Gasteiger partial charge in [0.05, 0.1) is 12.5 Å². The minimum atomic E-state index is -0.384. The lowest BCUT2D eigenvalue weighted by atomic mass is 9.68. The van der Waals surface area contributed by atoms with Gasteiger partial charge in [0.2, 0.25) is 0 Å². The zero-order valence-corrected chi connectivity index (χ0v) is 20.5. The predicted molar refractivity (Wildman–Crippen MR) is 131 cm³/mol. The number of hydrogen-bond acceptors (Lipinski definition) is 3. The summed E-state index contributed by atoms with van der Waals surface area (Å²) in [4.78, 5) is 26.9. The standard InChI is InChI=1S/C29H44O3/c1-3-5-8-11-22-14-19-26(27(30)21-22)29(31)28(23-12-9-7-10-13-23)24-15-17-25(18-16-24)32-20-6-4-2/h15-18,22-23,26,28H,3-14,19-21H2,1-2H3. The summed E-state index contributed by atoms with van der Waals surface area (Å²) in [5, 5.41) is 0. The molecule has 1 aromatic carbocycles. The minimum Gasteiger partial charge on any atom is -0.494 e. The van der Waals surface area contributed by atoms with Crippen LogP contribution in [0.2, 0.25) is 0 Å². The van der Waals surface area contributed by atoms with Gasteiger partial charge >= 0.3 is 0 Å². The van der Waals surface area contributed by atoms with Crippen LogP contribution >= 0.6 is 0 Å². The number of benzene rings is 1. The molecule has 32 heavy (non-hydrogen) atoms. The molecule has 3 heteroatoms. The Bertz CT molecular complexity index is 702. The predicted octanol–water partition coefficient (Wildman–Crippen LogP) is 7.66. The van der Waals surface area contributed by atoms with E-state index in [1.807, 2.05) is 12.1 Å². The highest BCUT2D eigenvalue weighted by molar-refractivity contribution is 6.05. The molecule has 0 radical (unpaired) electrons. The smallest absolute Gasteiger partial charge is 0.151 e. The molecule has 2 aliphatic carbocycles. The molecule has 0 bridgehead atoms. The van der Waals surface area contributed by atoms with Crippen molar-refractivity contribution < 1.29 is 14.3 Å². The van der Waals surface area contributed by atoms with Gasteiger partial charge in [0.15, 0.2) is 5.78 Å². The molecule has 2 fully saturated rings. The highest BCUT2D eigenvalue weighted by Crippen LogP contribution is 2.41. The van der Waals surface area contributed by atoms with Crippen LogP contribution in [0.4, 0.5) is 0 Å². The van der Waals surface area contributed by atoms with E-state index in [0.29, 0.717) is 18.3 Å². The van der Waals surface area contributed by atoms with E-state index >= 15 is 0 Å². The van der Waals surface area contributed by atoms with E-state index in [0.717, 1.165) is 62.9 Å². The molecule has 3 nitrogen and oxygen atoms in total. The number of rotatable bonds is 12. The average molecular weight is 441 g/mol. The Hall–Kier alpha value is -1.64. The Balaban J connectivity index is 1.70. The van der Waals surface area contributed by atoms with Gasteiger partial charge in [-0.05, 0) is 61.6 Å². The third-order valence-corrected chi connectivity index (χ3v) is 7.74. The SMILES string of the molecule is CCCCCC1CCC(C(=O)C(c2ccc(OCCCC)cc2)C2CCCCC2)C(=O)C1. The van der Waals surface area contributed by atoms with Gasteiger partial charge < -0.3 is 4.74 Å². The molecule has 2 aliphatic rings. The molecule has 3 unspecified atom stereocenters. The summed E-state index contributed by atoms with van der Waals surface area (Å²) in [6, 6.07) is 8.19. The maximum absolute atomic E-state index is 13.8. The first-order valence-corrected chi connectivity index (χ1v) is 13.4. The van der Waals surface area contributed by atoms with Crippen molar-refractivity contribution in [3.63, 3.8) is 0 Å². The fourth-order valence-electron chi connectivity index (χ4n) is 5.78. The van der Waals surface area contributed by atoms with Crippen LogP contribution in [0.5, 0.6) is 5.75 Å². The van der Waals surface area contributed by atoms with Crippen molar-refractivity contribution in [3.8, 4) is 5.75 Å². The number of unbranched alkanes of at least 4 members (excludes halogenated alkanes) is 3. The van der Waals surface area contributed by atoms with Crippen molar-refractivity contribution >= 4 is 11.6 Å². The Morgan fingerprint density at radius 3 is 2.31 bits per heavy atom. The summed E-state index contributed by atoms with van der Waals surface area (Å²) in [6.45, 7) is 5.11.